The lowest BCUT2D eigenvalue weighted by molar-refractivity contribution is -0.141. The minimum Gasteiger partial charge on any atom is -0.441 e. The van der Waals surface area contributed by atoms with Gasteiger partial charge in [-0.1, -0.05) is 68.0 Å². The van der Waals surface area contributed by atoms with Gasteiger partial charge < -0.3 is 9.84 Å². The Labute approximate surface area is 235 Å². The molecular formula is C34H37NO5. The number of amides is 1. The van der Waals surface area contributed by atoms with E-state index >= 15 is 0 Å². The first-order valence-electron chi connectivity index (χ1n) is 14.4. The smallest absolute Gasteiger partial charge is 0.412 e. The largest absolute Gasteiger partial charge is 0.441 e. The number of Topliss-reactive ketones (excluding diaryl/α,β-unsaturated/α-hetero) is 1. The minimum absolute atomic E-state index is 0.0285. The number of carbonyl (C=O) groups is 3. The Kier molecular flexibility index (Phi) is 6.78. The van der Waals surface area contributed by atoms with E-state index in [1.807, 2.05) is 60.7 Å². The van der Waals surface area contributed by atoms with Crippen LogP contribution in [0.25, 0.3) is 11.1 Å². The van der Waals surface area contributed by atoms with Gasteiger partial charge in [-0.15, -0.1) is 0 Å². The maximum Gasteiger partial charge on any atom is 0.412 e. The molecule has 4 aliphatic rings. The third-order valence-corrected chi connectivity index (χ3v) is 10.5. The van der Waals surface area contributed by atoms with Gasteiger partial charge in [0.05, 0.1) is 6.10 Å². The molecule has 0 aliphatic heterocycles. The number of nitrogens with one attached hydrogen (secondary N) is 1. The molecule has 2 aromatic carbocycles. The zero-order valence-electron chi connectivity index (χ0n) is 23.1. The second-order valence-corrected chi connectivity index (χ2v) is 12.5. The molecule has 6 heteroatoms. The number of ketones is 2. The summed E-state index contributed by atoms with van der Waals surface area (Å²) in [6.07, 6.45) is 8.19. The zero-order chi connectivity index (χ0) is 28.1. The van der Waals surface area contributed by atoms with Gasteiger partial charge in [0.25, 0.3) is 0 Å². The number of benzene rings is 2. The van der Waals surface area contributed by atoms with E-state index in [9.17, 15) is 19.5 Å². The maximum atomic E-state index is 13.4. The second kappa shape index (κ2) is 10.2. The molecule has 0 bridgehead atoms. The first kappa shape index (κ1) is 26.7. The highest BCUT2D eigenvalue weighted by Gasteiger charge is 2.62. The van der Waals surface area contributed by atoms with Gasteiger partial charge in [0.1, 0.15) is 0 Å². The molecule has 40 heavy (non-hydrogen) atoms. The number of aliphatic hydroxyl groups excluding tert-OH is 1. The van der Waals surface area contributed by atoms with E-state index in [0.29, 0.717) is 18.0 Å². The molecule has 0 spiro atoms. The molecular weight excluding hydrogens is 502 g/mol. The Morgan fingerprint density at radius 1 is 1.00 bits per heavy atom. The molecule has 3 saturated carbocycles. The lowest BCUT2D eigenvalue weighted by atomic mass is 9.46. The molecule has 7 atom stereocenters. The van der Waals surface area contributed by atoms with Gasteiger partial charge in [0.15, 0.2) is 18.2 Å². The molecule has 0 saturated heterocycles. The third-order valence-electron chi connectivity index (χ3n) is 10.5. The normalized spacial score (nSPS) is 34.2. The van der Waals surface area contributed by atoms with Gasteiger partial charge in [-0.3, -0.25) is 14.9 Å². The molecule has 6 unspecified atom stereocenters. The Morgan fingerprint density at radius 3 is 2.48 bits per heavy atom. The molecule has 2 aromatic rings. The van der Waals surface area contributed by atoms with Crippen LogP contribution in [0.3, 0.4) is 0 Å². The second-order valence-electron chi connectivity index (χ2n) is 12.5. The fourth-order valence-electron chi connectivity index (χ4n) is 8.62. The van der Waals surface area contributed by atoms with Crippen molar-refractivity contribution in [3.63, 3.8) is 0 Å². The van der Waals surface area contributed by atoms with Crippen LogP contribution >= 0.6 is 0 Å². The van der Waals surface area contributed by atoms with E-state index in [1.54, 1.807) is 12.2 Å². The van der Waals surface area contributed by atoms with Crippen molar-refractivity contribution < 1.29 is 24.2 Å². The fourth-order valence-corrected chi connectivity index (χ4v) is 8.62. The van der Waals surface area contributed by atoms with Crippen molar-refractivity contribution in [1.82, 2.24) is 0 Å². The Bertz CT molecular complexity index is 1380. The summed E-state index contributed by atoms with van der Waals surface area (Å²) in [6.45, 7) is 4.03. The van der Waals surface area contributed by atoms with Crippen LogP contribution in [0.5, 0.6) is 0 Å². The van der Waals surface area contributed by atoms with Gasteiger partial charge in [-0.05, 0) is 84.8 Å². The summed E-state index contributed by atoms with van der Waals surface area (Å²) in [6, 6.07) is 17.5. The summed E-state index contributed by atoms with van der Waals surface area (Å²) >= 11 is 0. The minimum atomic E-state index is -0.651. The number of anilines is 1. The summed E-state index contributed by atoms with van der Waals surface area (Å²) < 4.78 is 5.38. The number of fused-ring (bicyclic) bond motifs is 5. The molecule has 4 aliphatic carbocycles. The van der Waals surface area contributed by atoms with Crippen LogP contribution in [0.2, 0.25) is 0 Å². The molecule has 0 aromatic heterocycles. The number of ether oxygens (including phenoxy) is 1. The van der Waals surface area contributed by atoms with Gasteiger partial charge in [0.2, 0.25) is 0 Å². The van der Waals surface area contributed by atoms with E-state index in [0.717, 1.165) is 42.4 Å². The summed E-state index contributed by atoms with van der Waals surface area (Å²) in [7, 11) is 0. The van der Waals surface area contributed by atoms with Crippen LogP contribution in [0.4, 0.5) is 10.5 Å². The average molecular weight is 540 g/mol. The first-order chi connectivity index (χ1) is 19.2. The van der Waals surface area contributed by atoms with Gasteiger partial charge >= 0.3 is 6.09 Å². The van der Waals surface area contributed by atoms with E-state index in [1.165, 1.54) is 0 Å². The average Bonchev–Trinajstić information content (AvgIpc) is 3.29. The number of allylic oxidation sites excluding steroid dienone is 4. The summed E-state index contributed by atoms with van der Waals surface area (Å²) in [5, 5.41) is 14.2. The standard InChI is InChI=1S/C34H37NO5/c1-33-17-16-25(36)18-23(33)10-13-26-27-14-15-28(34(27,2)19-29(37)31(26)33)30(38)20-40-32(39)35-24-11-8-22(9-12-24)21-6-4-3-5-7-21/h3-9,11-12,16-18,26-29,31,37H,10,13-15,19-20H2,1-2H3,(H,35,39)/t26?,27?,28?,29-,31?,33?,34?/m0/s1. The topological polar surface area (TPSA) is 92.7 Å². The summed E-state index contributed by atoms with van der Waals surface area (Å²) in [5.41, 5.74) is 3.21. The van der Waals surface area contributed by atoms with Crippen molar-refractivity contribution in [2.75, 3.05) is 11.9 Å². The van der Waals surface area contributed by atoms with Crippen molar-refractivity contribution >= 4 is 23.3 Å². The quantitative estimate of drug-likeness (QED) is 0.461. The Balaban J connectivity index is 1.09. The van der Waals surface area contributed by atoms with Crippen molar-refractivity contribution in [3.05, 3.63) is 78.4 Å². The third kappa shape index (κ3) is 4.52. The highest BCUT2D eigenvalue weighted by molar-refractivity contribution is 6.01. The lowest BCUT2D eigenvalue weighted by Crippen LogP contribution is -2.56. The molecule has 6 rings (SSSR count). The number of carbonyl (C=O) groups excluding carboxylic acids is 3. The van der Waals surface area contributed by atoms with Gasteiger partial charge in [-0.2, -0.15) is 0 Å². The lowest BCUT2D eigenvalue weighted by Gasteiger charge is -2.58. The van der Waals surface area contributed by atoms with Crippen LogP contribution in [0, 0.1) is 34.5 Å². The number of rotatable bonds is 5. The zero-order valence-corrected chi connectivity index (χ0v) is 23.1. The summed E-state index contributed by atoms with van der Waals surface area (Å²) in [4.78, 5) is 38.0. The molecule has 3 fully saturated rings. The van der Waals surface area contributed by atoms with Crippen molar-refractivity contribution in [3.8, 4) is 11.1 Å². The van der Waals surface area contributed by atoms with Gasteiger partial charge in [-0.25, -0.2) is 4.79 Å². The van der Waals surface area contributed by atoms with E-state index in [-0.39, 0.29) is 46.8 Å². The molecule has 1 amide bonds. The van der Waals surface area contributed by atoms with Crippen LogP contribution in [0.15, 0.2) is 78.4 Å². The predicted molar refractivity (Wildman–Crippen MR) is 153 cm³/mol. The predicted octanol–water partition coefficient (Wildman–Crippen LogP) is 6.37. The number of hydrogen-bond donors (Lipinski definition) is 2. The van der Waals surface area contributed by atoms with Crippen molar-refractivity contribution in [2.24, 2.45) is 34.5 Å². The molecule has 6 nitrogen and oxygen atoms in total. The van der Waals surface area contributed by atoms with Crippen LogP contribution in [0.1, 0.15) is 46.0 Å². The molecule has 2 N–H and O–H groups in total. The fraction of sp³-hybridized carbons (Fsp3) is 0.441. The molecule has 0 heterocycles. The number of aliphatic hydroxyl groups is 1. The van der Waals surface area contributed by atoms with Crippen LogP contribution in [-0.4, -0.2) is 35.5 Å². The van der Waals surface area contributed by atoms with Crippen molar-refractivity contribution in [1.29, 1.82) is 0 Å². The summed E-state index contributed by atoms with van der Waals surface area (Å²) in [5.74, 6) is 0.348. The number of hydrogen-bond acceptors (Lipinski definition) is 5. The van der Waals surface area contributed by atoms with Crippen LogP contribution < -0.4 is 5.32 Å². The first-order valence-corrected chi connectivity index (χ1v) is 14.4. The van der Waals surface area contributed by atoms with E-state index in [4.69, 9.17) is 4.74 Å². The molecule has 0 radical (unpaired) electrons. The molecule has 208 valence electrons. The van der Waals surface area contributed by atoms with Gasteiger partial charge in [0, 0.05) is 22.9 Å². The monoisotopic (exact) mass is 539 g/mol. The highest BCUT2D eigenvalue weighted by atomic mass is 16.6. The Hall–Kier alpha value is -3.51. The van der Waals surface area contributed by atoms with Crippen LogP contribution in [-0.2, 0) is 14.3 Å². The highest BCUT2D eigenvalue weighted by Crippen LogP contribution is 2.66. The van der Waals surface area contributed by atoms with Crippen molar-refractivity contribution in [2.45, 2.75) is 52.1 Å². The van der Waals surface area contributed by atoms with E-state index in [2.05, 4.69) is 19.2 Å². The SMILES string of the molecule is CC12C=CC(=O)C=C1CCC1C2[C@@H](O)CC2(C)C(C(=O)COC(=O)Nc3ccc(-c4ccccc4)cc3)CCC12. The Morgan fingerprint density at radius 2 is 1.73 bits per heavy atom. The maximum absolute atomic E-state index is 13.4. The van der Waals surface area contributed by atoms with E-state index < -0.39 is 12.2 Å².